The Hall–Kier alpha value is -2.55. The summed E-state index contributed by atoms with van der Waals surface area (Å²) < 4.78 is 0. The highest BCUT2D eigenvalue weighted by Gasteiger charge is 2.30. The molecule has 0 aromatic heterocycles. The minimum Gasteiger partial charge on any atom is -0.507 e. The van der Waals surface area contributed by atoms with E-state index in [-0.39, 0.29) is 22.3 Å². The third-order valence-electron chi connectivity index (χ3n) is 5.93. The third kappa shape index (κ3) is 5.03. The van der Waals surface area contributed by atoms with Gasteiger partial charge in [0, 0.05) is 11.5 Å². The molecule has 0 bridgehead atoms. The Morgan fingerprint density at radius 2 is 1.35 bits per heavy atom. The number of hydrogen-bond donors (Lipinski definition) is 2. The molecule has 1 atom stereocenters. The Bertz CT molecular complexity index is 1010. The quantitative estimate of drug-likeness (QED) is 0.499. The number of carboxylic acid groups (broad SMARTS) is 1. The van der Waals surface area contributed by atoms with Gasteiger partial charge in [0.1, 0.15) is 5.75 Å². The third-order valence-corrected chi connectivity index (χ3v) is 5.93. The number of benzene rings is 2. The minimum atomic E-state index is -1.02. The largest absolute Gasteiger partial charge is 0.507 e. The zero-order chi connectivity index (χ0) is 23.9. The van der Waals surface area contributed by atoms with Gasteiger partial charge in [-0.2, -0.15) is 0 Å². The lowest BCUT2D eigenvalue weighted by Gasteiger charge is -2.30. The second-order valence-electron chi connectivity index (χ2n) is 10.8. The molecule has 0 spiro atoms. The maximum atomic E-state index is 12.0. The predicted molar refractivity (Wildman–Crippen MR) is 130 cm³/mol. The molecule has 3 nitrogen and oxygen atoms in total. The highest BCUT2D eigenvalue weighted by molar-refractivity contribution is 6.15. The summed E-state index contributed by atoms with van der Waals surface area (Å²) in [6.45, 7) is 22.6. The fraction of sp³-hybridized carbons (Fsp3) is 0.464. The average molecular weight is 423 g/mol. The van der Waals surface area contributed by atoms with Crippen LogP contribution in [0, 0.1) is 13.8 Å². The lowest BCUT2D eigenvalue weighted by molar-refractivity contribution is -0.130. The Morgan fingerprint density at radius 3 is 1.77 bits per heavy atom. The summed E-state index contributed by atoms with van der Waals surface area (Å²) in [5, 5.41) is 21.2. The van der Waals surface area contributed by atoms with Crippen LogP contribution in [0.1, 0.15) is 99.7 Å². The molecule has 2 aromatic carbocycles. The number of phenolic OH excluding ortho intramolecular Hbond substituents is 1. The minimum absolute atomic E-state index is 0.0987. The van der Waals surface area contributed by atoms with Crippen molar-refractivity contribution < 1.29 is 15.0 Å². The van der Waals surface area contributed by atoms with Gasteiger partial charge in [-0.05, 0) is 53.4 Å². The molecule has 168 valence electrons. The standard InChI is InChI=1S/C28H38O3/c1-11-19(21-13-17(3)15-23(25(21)29)28(8,9)10)20-12-16(2)14-22(27(5,6)7)24(20)18(4)26(30)31/h12-15,19,29H,4,11H2,1-3,5-10H3,(H,30,31). The summed E-state index contributed by atoms with van der Waals surface area (Å²) in [5.74, 6) is -0.863. The van der Waals surface area contributed by atoms with Crippen molar-refractivity contribution >= 4 is 11.5 Å². The molecule has 2 N–H and O–H groups in total. The molecular weight excluding hydrogens is 384 g/mol. The van der Waals surface area contributed by atoms with Crippen molar-refractivity contribution in [3.8, 4) is 5.75 Å². The second-order valence-corrected chi connectivity index (χ2v) is 10.8. The molecule has 3 heteroatoms. The SMILES string of the molecule is C=C(C(=O)O)c1c(C(CC)c2cc(C)cc(C(C)(C)C)c2O)cc(C)cc1C(C)(C)C. The van der Waals surface area contributed by atoms with E-state index in [0.29, 0.717) is 11.3 Å². The Morgan fingerprint density at radius 1 is 0.903 bits per heavy atom. The van der Waals surface area contributed by atoms with Crippen LogP contribution in [0.15, 0.2) is 30.8 Å². The molecule has 0 fully saturated rings. The molecule has 2 aromatic rings. The van der Waals surface area contributed by atoms with E-state index in [4.69, 9.17) is 0 Å². The molecule has 31 heavy (non-hydrogen) atoms. The summed E-state index contributed by atoms with van der Waals surface area (Å²) >= 11 is 0. The van der Waals surface area contributed by atoms with Crippen molar-refractivity contribution in [2.75, 3.05) is 0 Å². The van der Waals surface area contributed by atoms with Gasteiger partial charge in [0.15, 0.2) is 0 Å². The summed E-state index contributed by atoms with van der Waals surface area (Å²) in [5.41, 5.74) is 6.12. The molecule has 0 heterocycles. The van der Waals surface area contributed by atoms with Gasteiger partial charge in [-0.1, -0.05) is 90.4 Å². The van der Waals surface area contributed by atoms with Crippen molar-refractivity contribution in [2.24, 2.45) is 0 Å². The van der Waals surface area contributed by atoms with Crippen molar-refractivity contribution in [2.45, 2.75) is 85.5 Å². The maximum absolute atomic E-state index is 12.0. The molecule has 2 rings (SSSR count). The number of aromatic hydroxyl groups is 1. The van der Waals surface area contributed by atoms with Crippen LogP contribution in [0.3, 0.4) is 0 Å². The van der Waals surface area contributed by atoms with Crippen LogP contribution in [0.25, 0.3) is 5.57 Å². The molecule has 0 aliphatic rings. The number of carbonyl (C=O) groups is 1. The highest BCUT2D eigenvalue weighted by atomic mass is 16.4. The van der Waals surface area contributed by atoms with Gasteiger partial charge < -0.3 is 10.2 Å². The highest BCUT2D eigenvalue weighted by Crippen LogP contribution is 2.44. The molecule has 0 radical (unpaired) electrons. The first-order valence-electron chi connectivity index (χ1n) is 11.0. The van der Waals surface area contributed by atoms with Crippen LogP contribution < -0.4 is 0 Å². The van der Waals surface area contributed by atoms with Crippen molar-refractivity contribution in [1.82, 2.24) is 0 Å². The topological polar surface area (TPSA) is 57.5 Å². The van der Waals surface area contributed by atoms with E-state index in [1.54, 1.807) is 0 Å². The monoisotopic (exact) mass is 422 g/mol. The van der Waals surface area contributed by atoms with E-state index in [2.05, 4.69) is 67.2 Å². The van der Waals surface area contributed by atoms with Crippen LogP contribution in [0.5, 0.6) is 5.75 Å². The van der Waals surface area contributed by atoms with E-state index in [1.807, 2.05) is 26.0 Å². The fourth-order valence-corrected chi connectivity index (χ4v) is 4.38. The molecule has 0 saturated carbocycles. The smallest absolute Gasteiger partial charge is 0.335 e. The van der Waals surface area contributed by atoms with Gasteiger partial charge in [-0.15, -0.1) is 0 Å². The lowest BCUT2D eigenvalue weighted by atomic mass is 9.74. The number of phenols is 1. The Balaban J connectivity index is 2.95. The van der Waals surface area contributed by atoms with Crippen LogP contribution in [0.2, 0.25) is 0 Å². The van der Waals surface area contributed by atoms with E-state index in [0.717, 1.165) is 39.8 Å². The van der Waals surface area contributed by atoms with Gasteiger partial charge in [0.05, 0.1) is 5.57 Å². The number of aryl methyl sites for hydroxylation is 2. The fourth-order valence-electron chi connectivity index (χ4n) is 4.38. The van der Waals surface area contributed by atoms with E-state index in [9.17, 15) is 15.0 Å². The first kappa shape index (κ1) is 24.7. The number of aliphatic carboxylic acids is 1. The summed E-state index contributed by atoms with van der Waals surface area (Å²) in [7, 11) is 0. The number of rotatable bonds is 5. The van der Waals surface area contributed by atoms with Crippen LogP contribution in [0.4, 0.5) is 0 Å². The zero-order valence-electron chi connectivity index (χ0n) is 20.6. The zero-order valence-corrected chi connectivity index (χ0v) is 20.6. The second kappa shape index (κ2) is 8.53. The van der Waals surface area contributed by atoms with Gasteiger partial charge in [0.25, 0.3) is 0 Å². The molecule has 0 aliphatic carbocycles. The summed E-state index contributed by atoms with van der Waals surface area (Å²) in [4.78, 5) is 12.0. The normalized spacial score (nSPS) is 13.2. The van der Waals surface area contributed by atoms with Crippen molar-refractivity contribution in [3.63, 3.8) is 0 Å². The van der Waals surface area contributed by atoms with Crippen LogP contribution in [-0.4, -0.2) is 16.2 Å². The van der Waals surface area contributed by atoms with Gasteiger partial charge in [-0.3, -0.25) is 0 Å². The molecule has 0 amide bonds. The Labute approximate surface area is 187 Å². The van der Waals surface area contributed by atoms with Gasteiger partial charge in [0.2, 0.25) is 0 Å². The van der Waals surface area contributed by atoms with Crippen LogP contribution in [-0.2, 0) is 15.6 Å². The maximum Gasteiger partial charge on any atom is 0.335 e. The van der Waals surface area contributed by atoms with E-state index in [1.165, 1.54) is 0 Å². The molecular formula is C28H38O3. The first-order valence-corrected chi connectivity index (χ1v) is 11.0. The molecule has 0 aliphatic heterocycles. The number of carboxylic acids is 1. The van der Waals surface area contributed by atoms with Gasteiger partial charge >= 0.3 is 5.97 Å². The Kier molecular flexibility index (Phi) is 6.80. The van der Waals surface area contributed by atoms with E-state index < -0.39 is 5.97 Å². The summed E-state index contributed by atoms with van der Waals surface area (Å²) in [6.07, 6.45) is 0.730. The molecule has 1 unspecified atom stereocenters. The summed E-state index contributed by atoms with van der Waals surface area (Å²) in [6, 6.07) is 8.20. The predicted octanol–water partition coefficient (Wildman–Crippen LogP) is 7.24. The first-order chi connectivity index (χ1) is 14.1. The van der Waals surface area contributed by atoms with Gasteiger partial charge in [-0.25, -0.2) is 4.79 Å². The average Bonchev–Trinajstić information content (AvgIpc) is 2.62. The van der Waals surface area contributed by atoms with Crippen molar-refractivity contribution in [3.05, 3.63) is 69.8 Å². The van der Waals surface area contributed by atoms with Crippen LogP contribution >= 0.6 is 0 Å². The van der Waals surface area contributed by atoms with E-state index >= 15 is 0 Å². The number of hydrogen-bond acceptors (Lipinski definition) is 2. The lowest BCUT2D eigenvalue weighted by Crippen LogP contribution is -2.19. The molecule has 0 saturated heterocycles. The van der Waals surface area contributed by atoms with Crippen molar-refractivity contribution in [1.29, 1.82) is 0 Å².